The maximum Gasteiger partial charge on any atom is 0.208 e. The van der Waals surface area contributed by atoms with Crippen molar-refractivity contribution in [3.63, 3.8) is 0 Å². The van der Waals surface area contributed by atoms with E-state index in [1.165, 1.54) is 0 Å². The number of hydrogen-bond acceptors (Lipinski definition) is 2. The highest BCUT2D eigenvalue weighted by atomic mass is 16.3. The molecule has 0 aliphatic rings. The Bertz CT molecular complexity index is 198. The summed E-state index contributed by atoms with van der Waals surface area (Å²) in [5, 5.41) is 9.12. The normalized spacial score (nSPS) is 10.7. The van der Waals surface area contributed by atoms with E-state index in [0.29, 0.717) is 0 Å². The summed E-state index contributed by atoms with van der Waals surface area (Å²) in [6.45, 7) is 6.66. The van der Waals surface area contributed by atoms with E-state index < -0.39 is 5.60 Å². The minimum atomic E-state index is -1.06. The first-order valence-corrected chi connectivity index (χ1v) is 3.62. The van der Waals surface area contributed by atoms with Crippen LogP contribution in [0.25, 0.3) is 0 Å². The standard InChI is InChI=1S/C9H14O2/c1-7(2)8(10)5-6-9(3,4)11/h7,11H,1-4H3. The second kappa shape index (κ2) is 3.54. The Morgan fingerprint density at radius 3 is 2.18 bits per heavy atom. The average molecular weight is 154 g/mol. The second-order valence-corrected chi connectivity index (χ2v) is 3.33. The number of ketones is 1. The predicted octanol–water partition coefficient (Wildman–Crippen LogP) is 0.986. The Hall–Kier alpha value is -0.810. The van der Waals surface area contributed by atoms with Gasteiger partial charge in [-0.05, 0) is 19.8 Å². The Labute approximate surface area is 67.6 Å². The molecule has 0 radical (unpaired) electrons. The Morgan fingerprint density at radius 1 is 1.45 bits per heavy atom. The molecule has 0 rings (SSSR count). The van der Waals surface area contributed by atoms with Gasteiger partial charge in [-0.2, -0.15) is 0 Å². The smallest absolute Gasteiger partial charge is 0.208 e. The third-order valence-corrected chi connectivity index (χ3v) is 1.02. The summed E-state index contributed by atoms with van der Waals surface area (Å²) >= 11 is 0. The van der Waals surface area contributed by atoms with Crippen LogP contribution in [-0.4, -0.2) is 16.5 Å². The van der Waals surface area contributed by atoms with Crippen LogP contribution in [0.4, 0.5) is 0 Å². The number of Topliss-reactive ketones (excluding diaryl/α,β-unsaturated/α-hetero) is 1. The van der Waals surface area contributed by atoms with Gasteiger partial charge in [0.25, 0.3) is 0 Å². The van der Waals surface area contributed by atoms with Crippen molar-refractivity contribution >= 4 is 5.78 Å². The lowest BCUT2D eigenvalue weighted by Gasteiger charge is -2.05. The van der Waals surface area contributed by atoms with Crippen molar-refractivity contribution in [1.29, 1.82) is 0 Å². The molecule has 0 atom stereocenters. The van der Waals surface area contributed by atoms with Crippen LogP contribution < -0.4 is 0 Å². The summed E-state index contributed by atoms with van der Waals surface area (Å²) in [4.78, 5) is 10.9. The van der Waals surface area contributed by atoms with Crippen molar-refractivity contribution in [2.75, 3.05) is 0 Å². The van der Waals surface area contributed by atoms with Crippen LogP contribution in [0.15, 0.2) is 0 Å². The van der Waals surface area contributed by atoms with Gasteiger partial charge in [-0.1, -0.05) is 19.8 Å². The SMILES string of the molecule is CC(C)C(=O)C#CC(C)(C)O. The molecular weight excluding hydrogens is 140 g/mol. The molecular formula is C9H14O2. The molecule has 2 heteroatoms. The fourth-order valence-corrected chi connectivity index (χ4v) is 0.359. The van der Waals surface area contributed by atoms with Crippen molar-refractivity contribution in [1.82, 2.24) is 0 Å². The lowest BCUT2D eigenvalue weighted by molar-refractivity contribution is -0.116. The van der Waals surface area contributed by atoms with Crippen LogP contribution in [0, 0.1) is 17.8 Å². The summed E-state index contributed by atoms with van der Waals surface area (Å²) < 4.78 is 0. The zero-order valence-electron chi connectivity index (χ0n) is 7.43. The van der Waals surface area contributed by atoms with Gasteiger partial charge in [0.15, 0.2) is 0 Å². The van der Waals surface area contributed by atoms with Crippen LogP contribution in [0.2, 0.25) is 0 Å². The number of rotatable bonds is 1. The van der Waals surface area contributed by atoms with E-state index >= 15 is 0 Å². The summed E-state index contributed by atoms with van der Waals surface area (Å²) in [5.74, 6) is 4.63. The molecule has 0 bridgehead atoms. The third-order valence-electron chi connectivity index (χ3n) is 1.02. The maximum absolute atomic E-state index is 10.9. The molecule has 62 valence electrons. The Kier molecular flexibility index (Phi) is 3.28. The topological polar surface area (TPSA) is 37.3 Å². The fraction of sp³-hybridized carbons (Fsp3) is 0.667. The van der Waals surface area contributed by atoms with E-state index in [4.69, 9.17) is 5.11 Å². The average Bonchev–Trinajstić information content (AvgIpc) is 1.80. The van der Waals surface area contributed by atoms with Crippen LogP contribution in [0.1, 0.15) is 27.7 Å². The van der Waals surface area contributed by atoms with Gasteiger partial charge in [-0.25, -0.2) is 0 Å². The molecule has 0 saturated heterocycles. The fourth-order valence-electron chi connectivity index (χ4n) is 0.359. The van der Waals surface area contributed by atoms with Crippen molar-refractivity contribution in [3.8, 4) is 11.8 Å². The summed E-state index contributed by atoms with van der Waals surface area (Å²) in [7, 11) is 0. The first kappa shape index (κ1) is 10.2. The number of aliphatic hydroxyl groups is 1. The zero-order valence-corrected chi connectivity index (χ0v) is 7.43. The van der Waals surface area contributed by atoms with E-state index in [9.17, 15) is 4.79 Å². The molecule has 0 aliphatic heterocycles. The van der Waals surface area contributed by atoms with Gasteiger partial charge < -0.3 is 5.11 Å². The minimum Gasteiger partial charge on any atom is -0.378 e. The van der Waals surface area contributed by atoms with E-state index in [-0.39, 0.29) is 11.7 Å². The predicted molar refractivity (Wildman–Crippen MR) is 43.9 cm³/mol. The van der Waals surface area contributed by atoms with Gasteiger partial charge >= 0.3 is 0 Å². The molecule has 0 aromatic carbocycles. The molecule has 1 N–H and O–H groups in total. The highest BCUT2D eigenvalue weighted by Crippen LogP contribution is 1.98. The Balaban J connectivity index is 4.20. The van der Waals surface area contributed by atoms with E-state index in [0.717, 1.165) is 0 Å². The molecule has 0 aromatic heterocycles. The van der Waals surface area contributed by atoms with Gasteiger partial charge in [-0.15, -0.1) is 0 Å². The molecule has 11 heavy (non-hydrogen) atoms. The van der Waals surface area contributed by atoms with Gasteiger partial charge in [-0.3, -0.25) is 4.79 Å². The summed E-state index contributed by atoms with van der Waals surface area (Å²) in [6, 6.07) is 0. The molecule has 2 nitrogen and oxygen atoms in total. The van der Waals surface area contributed by atoms with E-state index in [2.05, 4.69) is 11.8 Å². The molecule has 0 fully saturated rings. The highest BCUT2D eigenvalue weighted by molar-refractivity contribution is 5.96. The van der Waals surface area contributed by atoms with Crippen molar-refractivity contribution in [2.45, 2.75) is 33.3 Å². The molecule has 0 amide bonds. The largest absolute Gasteiger partial charge is 0.378 e. The van der Waals surface area contributed by atoms with Crippen LogP contribution in [0.5, 0.6) is 0 Å². The minimum absolute atomic E-state index is 0.0788. The first-order valence-electron chi connectivity index (χ1n) is 3.62. The summed E-state index contributed by atoms with van der Waals surface area (Å²) in [6.07, 6.45) is 0. The van der Waals surface area contributed by atoms with Crippen LogP contribution >= 0.6 is 0 Å². The molecule has 0 unspecified atom stereocenters. The molecule has 0 saturated carbocycles. The lowest BCUT2D eigenvalue weighted by Crippen LogP contribution is -2.16. The third kappa shape index (κ3) is 5.63. The lowest BCUT2D eigenvalue weighted by atomic mass is 10.1. The van der Waals surface area contributed by atoms with E-state index in [1.54, 1.807) is 27.7 Å². The first-order chi connectivity index (χ1) is 4.83. The van der Waals surface area contributed by atoms with Gasteiger partial charge in [0.2, 0.25) is 5.78 Å². The van der Waals surface area contributed by atoms with Crippen molar-refractivity contribution in [2.24, 2.45) is 5.92 Å². The van der Waals surface area contributed by atoms with Crippen molar-refractivity contribution < 1.29 is 9.90 Å². The number of carbonyl (C=O) groups is 1. The highest BCUT2D eigenvalue weighted by Gasteiger charge is 2.08. The zero-order chi connectivity index (χ0) is 9.07. The monoisotopic (exact) mass is 154 g/mol. The van der Waals surface area contributed by atoms with E-state index in [1.807, 2.05) is 0 Å². The van der Waals surface area contributed by atoms with Gasteiger partial charge in [0.1, 0.15) is 5.60 Å². The molecule has 0 aromatic rings. The van der Waals surface area contributed by atoms with Crippen molar-refractivity contribution in [3.05, 3.63) is 0 Å². The van der Waals surface area contributed by atoms with Gasteiger partial charge in [0, 0.05) is 5.92 Å². The summed E-state index contributed by atoms with van der Waals surface area (Å²) in [5.41, 5.74) is -1.06. The molecule has 0 heterocycles. The number of hydrogen-bond donors (Lipinski definition) is 1. The molecule has 0 aliphatic carbocycles. The van der Waals surface area contributed by atoms with Crippen LogP contribution in [0.3, 0.4) is 0 Å². The number of carbonyl (C=O) groups excluding carboxylic acids is 1. The Morgan fingerprint density at radius 2 is 1.91 bits per heavy atom. The van der Waals surface area contributed by atoms with Crippen LogP contribution in [-0.2, 0) is 4.79 Å². The second-order valence-electron chi connectivity index (χ2n) is 3.33. The maximum atomic E-state index is 10.9. The molecule has 0 spiro atoms. The van der Waals surface area contributed by atoms with Gasteiger partial charge in [0.05, 0.1) is 0 Å². The quantitative estimate of drug-likeness (QED) is 0.451.